The van der Waals surface area contributed by atoms with E-state index < -0.39 is 0 Å². The quantitative estimate of drug-likeness (QED) is 0.838. The lowest BCUT2D eigenvalue weighted by atomic mass is 9.75. The summed E-state index contributed by atoms with van der Waals surface area (Å²) in [5, 5.41) is 4.37. The van der Waals surface area contributed by atoms with E-state index in [4.69, 9.17) is 11.6 Å². The Kier molecular flexibility index (Phi) is 4.32. The van der Waals surface area contributed by atoms with Crippen molar-refractivity contribution < 1.29 is 0 Å². The lowest BCUT2D eigenvalue weighted by molar-refractivity contribution is 0.403. The Hall–Kier alpha value is -1.31. The van der Waals surface area contributed by atoms with Crippen LogP contribution in [0.15, 0.2) is 42.5 Å². The second-order valence-electron chi connectivity index (χ2n) is 6.05. The number of aryl methyl sites for hydroxylation is 1. The van der Waals surface area contributed by atoms with Crippen molar-refractivity contribution in [3.8, 4) is 0 Å². The fourth-order valence-electron chi connectivity index (χ4n) is 3.49. The van der Waals surface area contributed by atoms with Crippen LogP contribution in [0.5, 0.6) is 0 Å². The maximum atomic E-state index is 6.19. The molecule has 0 aromatic heterocycles. The second kappa shape index (κ2) is 6.21. The number of halogens is 1. The summed E-state index contributed by atoms with van der Waals surface area (Å²) in [6.45, 7) is 6.57. The highest BCUT2D eigenvalue weighted by Gasteiger charge is 2.28. The molecule has 1 fully saturated rings. The molecule has 1 saturated heterocycles. The van der Waals surface area contributed by atoms with Crippen LogP contribution in [-0.2, 0) is 0 Å². The summed E-state index contributed by atoms with van der Waals surface area (Å²) in [5.41, 5.74) is 5.68. The summed E-state index contributed by atoms with van der Waals surface area (Å²) in [4.78, 5) is 0. The molecular weight excluding hydrogens is 278 g/mol. The van der Waals surface area contributed by atoms with Crippen LogP contribution in [0.3, 0.4) is 0 Å². The third-order valence-corrected chi connectivity index (χ3v) is 5.04. The number of rotatable bonds is 2. The van der Waals surface area contributed by atoms with Gasteiger partial charge in [0.05, 0.1) is 0 Å². The average Bonchev–Trinajstić information content (AvgIpc) is 2.50. The molecule has 110 valence electrons. The maximum Gasteiger partial charge on any atom is 0.0408 e. The summed E-state index contributed by atoms with van der Waals surface area (Å²) in [7, 11) is 0. The summed E-state index contributed by atoms with van der Waals surface area (Å²) in [6, 6.07) is 15.0. The van der Waals surface area contributed by atoms with Crippen molar-refractivity contribution in [1.82, 2.24) is 5.32 Å². The molecule has 0 amide bonds. The molecule has 2 aromatic carbocycles. The van der Waals surface area contributed by atoms with Gasteiger partial charge < -0.3 is 5.32 Å². The molecule has 0 saturated carbocycles. The summed E-state index contributed by atoms with van der Waals surface area (Å²) in [6.07, 6.45) is 1.18. The van der Waals surface area contributed by atoms with Crippen LogP contribution >= 0.6 is 11.6 Å². The van der Waals surface area contributed by atoms with Crippen LogP contribution in [0.4, 0.5) is 0 Å². The fraction of sp³-hybridized carbons (Fsp3) is 0.368. The predicted octanol–water partition coefficient (Wildman–Crippen LogP) is 4.82. The smallest absolute Gasteiger partial charge is 0.0408 e. The molecule has 0 spiro atoms. The number of benzene rings is 2. The van der Waals surface area contributed by atoms with E-state index in [0.717, 1.165) is 18.1 Å². The normalized spacial score (nSPS) is 22.2. The van der Waals surface area contributed by atoms with E-state index in [1.165, 1.54) is 28.7 Å². The highest BCUT2D eigenvalue weighted by atomic mass is 35.5. The third kappa shape index (κ3) is 3.00. The van der Waals surface area contributed by atoms with E-state index in [9.17, 15) is 0 Å². The molecule has 2 atom stereocenters. The van der Waals surface area contributed by atoms with Crippen LogP contribution in [0.25, 0.3) is 0 Å². The van der Waals surface area contributed by atoms with Gasteiger partial charge in [-0.3, -0.25) is 0 Å². The first-order chi connectivity index (χ1) is 10.2. The zero-order valence-electron chi connectivity index (χ0n) is 12.7. The molecule has 1 N–H and O–H groups in total. The van der Waals surface area contributed by atoms with E-state index >= 15 is 0 Å². The molecule has 1 nitrogen and oxygen atoms in total. The highest BCUT2D eigenvalue weighted by molar-refractivity contribution is 6.30. The van der Waals surface area contributed by atoms with Gasteiger partial charge in [-0.25, -0.2) is 0 Å². The Labute approximate surface area is 132 Å². The second-order valence-corrected chi connectivity index (χ2v) is 6.49. The molecule has 0 bridgehead atoms. The van der Waals surface area contributed by atoms with Gasteiger partial charge in [-0.15, -0.1) is 0 Å². The van der Waals surface area contributed by atoms with Crippen molar-refractivity contribution in [2.24, 2.45) is 0 Å². The molecule has 21 heavy (non-hydrogen) atoms. The van der Waals surface area contributed by atoms with Crippen molar-refractivity contribution >= 4 is 11.6 Å². The molecule has 1 aliphatic rings. The third-order valence-electron chi connectivity index (χ3n) is 4.80. The zero-order chi connectivity index (χ0) is 14.8. The van der Waals surface area contributed by atoms with Gasteiger partial charge in [0.2, 0.25) is 0 Å². The lowest BCUT2D eigenvalue weighted by Gasteiger charge is -2.34. The fourth-order valence-corrected chi connectivity index (χ4v) is 3.69. The topological polar surface area (TPSA) is 12.0 Å². The van der Waals surface area contributed by atoms with E-state index in [1.807, 2.05) is 6.07 Å². The monoisotopic (exact) mass is 299 g/mol. The summed E-state index contributed by atoms with van der Waals surface area (Å²) >= 11 is 6.19. The van der Waals surface area contributed by atoms with Gasteiger partial charge in [-0.05, 0) is 67.1 Å². The molecular formula is C19H22ClN. The van der Waals surface area contributed by atoms with E-state index in [1.54, 1.807) is 0 Å². The molecule has 0 radical (unpaired) electrons. The van der Waals surface area contributed by atoms with E-state index in [0.29, 0.717) is 11.8 Å². The Morgan fingerprint density at radius 1 is 1.05 bits per heavy atom. The first-order valence-electron chi connectivity index (χ1n) is 7.69. The van der Waals surface area contributed by atoms with Gasteiger partial charge in [0, 0.05) is 17.5 Å². The number of hydrogen-bond acceptors (Lipinski definition) is 1. The Balaban J connectivity index is 2.00. The zero-order valence-corrected chi connectivity index (χ0v) is 13.5. The van der Waals surface area contributed by atoms with Crippen LogP contribution in [0.2, 0.25) is 5.02 Å². The molecule has 1 heterocycles. The van der Waals surface area contributed by atoms with Crippen molar-refractivity contribution in [2.45, 2.75) is 32.1 Å². The Bertz CT molecular complexity index is 635. The van der Waals surface area contributed by atoms with Crippen molar-refractivity contribution in [2.75, 3.05) is 13.1 Å². The average molecular weight is 300 g/mol. The predicted molar refractivity (Wildman–Crippen MR) is 90.3 cm³/mol. The van der Waals surface area contributed by atoms with Gasteiger partial charge in [-0.2, -0.15) is 0 Å². The Morgan fingerprint density at radius 3 is 2.67 bits per heavy atom. The van der Waals surface area contributed by atoms with Crippen LogP contribution < -0.4 is 5.32 Å². The highest BCUT2D eigenvalue weighted by Crippen LogP contribution is 2.39. The van der Waals surface area contributed by atoms with Crippen molar-refractivity contribution in [1.29, 1.82) is 0 Å². The molecule has 3 rings (SSSR count). The SMILES string of the molecule is Cc1cccc(C2CCNCC2c2cccc(Cl)c2)c1C. The molecule has 1 aliphatic heterocycles. The van der Waals surface area contributed by atoms with Crippen molar-refractivity contribution in [3.63, 3.8) is 0 Å². The first-order valence-corrected chi connectivity index (χ1v) is 8.07. The Morgan fingerprint density at radius 2 is 1.86 bits per heavy atom. The number of nitrogens with one attached hydrogen (secondary N) is 1. The van der Waals surface area contributed by atoms with Crippen LogP contribution in [-0.4, -0.2) is 13.1 Å². The van der Waals surface area contributed by atoms with Gasteiger partial charge in [0.15, 0.2) is 0 Å². The minimum absolute atomic E-state index is 0.498. The van der Waals surface area contributed by atoms with E-state index in [2.05, 4.69) is 55.6 Å². The molecule has 2 heteroatoms. The molecule has 2 aromatic rings. The van der Waals surface area contributed by atoms with Gasteiger partial charge >= 0.3 is 0 Å². The van der Waals surface area contributed by atoms with Gasteiger partial charge in [0.1, 0.15) is 0 Å². The number of hydrogen-bond donors (Lipinski definition) is 1. The van der Waals surface area contributed by atoms with Gasteiger partial charge in [-0.1, -0.05) is 41.9 Å². The molecule has 0 aliphatic carbocycles. The standard InChI is InChI=1S/C19H22ClN/c1-13-5-3-8-17(14(13)2)18-9-10-21-12-19(18)15-6-4-7-16(20)11-15/h3-8,11,18-19,21H,9-10,12H2,1-2H3. The van der Waals surface area contributed by atoms with Crippen LogP contribution in [0.1, 0.15) is 40.5 Å². The van der Waals surface area contributed by atoms with E-state index in [-0.39, 0.29) is 0 Å². The minimum Gasteiger partial charge on any atom is -0.316 e. The minimum atomic E-state index is 0.498. The summed E-state index contributed by atoms with van der Waals surface area (Å²) in [5.74, 6) is 1.07. The number of piperidine rings is 1. The lowest BCUT2D eigenvalue weighted by Crippen LogP contribution is -2.34. The first kappa shape index (κ1) is 14.6. The molecule has 2 unspecified atom stereocenters. The van der Waals surface area contributed by atoms with Crippen molar-refractivity contribution in [3.05, 3.63) is 69.7 Å². The summed E-state index contributed by atoms with van der Waals surface area (Å²) < 4.78 is 0. The van der Waals surface area contributed by atoms with Crippen LogP contribution in [0, 0.1) is 13.8 Å². The maximum absolute atomic E-state index is 6.19. The van der Waals surface area contributed by atoms with Gasteiger partial charge in [0.25, 0.3) is 0 Å². The largest absolute Gasteiger partial charge is 0.316 e.